The van der Waals surface area contributed by atoms with Crippen molar-refractivity contribution in [2.24, 2.45) is 5.92 Å². The first-order valence-corrected chi connectivity index (χ1v) is 7.20. The highest BCUT2D eigenvalue weighted by molar-refractivity contribution is 5.20. The van der Waals surface area contributed by atoms with Crippen molar-refractivity contribution in [3.8, 4) is 0 Å². The largest absolute Gasteiger partial charge is 0.380 e. The predicted octanol–water partition coefficient (Wildman–Crippen LogP) is 3.55. The molecule has 1 aromatic rings. The molecule has 2 atom stereocenters. The van der Waals surface area contributed by atoms with Gasteiger partial charge in [-0.1, -0.05) is 32.9 Å². The Kier molecular flexibility index (Phi) is 7.10. The van der Waals surface area contributed by atoms with Gasteiger partial charge in [0.1, 0.15) is 0 Å². The molecule has 0 saturated carbocycles. The highest BCUT2D eigenvalue weighted by atomic mass is 19.2. The second-order valence-corrected chi connectivity index (χ2v) is 5.42. The maximum absolute atomic E-state index is 13.8. The van der Waals surface area contributed by atoms with Gasteiger partial charge in [-0.15, -0.1) is 0 Å². The van der Waals surface area contributed by atoms with E-state index in [0.29, 0.717) is 17.9 Å². The number of rotatable bonds is 8. The minimum atomic E-state index is -0.796. The fraction of sp³-hybridized carbons (Fsp3) is 0.625. The van der Waals surface area contributed by atoms with Crippen molar-refractivity contribution in [1.82, 2.24) is 5.32 Å². The molecule has 1 N–H and O–H groups in total. The first kappa shape index (κ1) is 17.1. The second-order valence-electron chi connectivity index (χ2n) is 5.42. The third-order valence-electron chi connectivity index (χ3n) is 3.45. The van der Waals surface area contributed by atoms with Crippen LogP contribution in [0.2, 0.25) is 0 Å². The molecule has 0 heterocycles. The van der Waals surface area contributed by atoms with Crippen molar-refractivity contribution < 1.29 is 13.5 Å². The molecule has 1 aromatic carbocycles. The molecule has 0 radical (unpaired) electrons. The van der Waals surface area contributed by atoms with Crippen molar-refractivity contribution in [3.63, 3.8) is 0 Å². The molecule has 0 aliphatic heterocycles. The molecule has 4 heteroatoms. The molecule has 0 aliphatic carbocycles. The zero-order valence-electron chi connectivity index (χ0n) is 12.7. The van der Waals surface area contributed by atoms with Gasteiger partial charge in [0.05, 0.1) is 6.10 Å². The van der Waals surface area contributed by atoms with Gasteiger partial charge in [-0.25, -0.2) is 8.78 Å². The molecule has 0 fully saturated rings. The van der Waals surface area contributed by atoms with Gasteiger partial charge in [-0.2, -0.15) is 0 Å². The summed E-state index contributed by atoms with van der Waals surface area (Å²) in [6, 6.07) is 4.29. The maximum atomic E-state index is 13.8. The van der Waals surface area contributed by atoms with E-state index in [2.05, 4.69) is 26.1 Å². The summed E-state index contributed by atoms with van der Waals surface area (Å²) in [7, 11) is 1.66. The van der Waals surface area contributed by atoms with E-state index in [9.17, 15) is 8.78 Å². The molecule has 2 unspecified atom stereocenters. The van der Waals surface area contributed by atoms with Crippen molar-refractivity contribution >= 4 is 0 Å². The molecular formula is C16H25F2NO. The summed E-state index contributed by atoms with van der Waals surface area (Å²) < 4.78 is 32.6. The Bertz CT molecular complexity index is 409. The molecule has 114 valence electrons. The van der Waals surface area contributed by atoms with Crippen LogP contribution in [0.3, 0.4) is 0 Å². The highest BCUT2D eigenvalue weighted by Crippen LogP contribution is 2.18. The molecule has 0 bridgehead atoms. The van der Waals surface area contributed by atoms with Gasteiger partial charge < -0.3 is 10.1 Å². The third-order valence-corrected chi connectivity index (χ3v) is 3.45. The van der Waals surface area contributed by atoms with Gasteiger partial charge in [-0.3, -0.25) is 0 Å². The lowest BCUT2D eigenvalue weighted by Crippen LogP contribution is -2.45. The third kappa shape index (κ3) is 4.53. The van der Waals surface area contributed by atoms with E-state index >= 15 is 0 Å². The Hall–Kier alpha value is -1.00. The van der Waals surface area contributed by atoms with Crippen molar-refractivity contribution in [2.75, 3.05) is 13.7 Å². The second kappa shape index (κ2) is 8.32. The molecule has 2 nitrogen and oxygen atoms in total. The van der Waals surface area contributed by atoms with Gasteiger partial charge in [0.2, 0.25) is 0 Å². The van der Waals surface area contributed by atoms with Gasteiger partial charge in [-0.05, 0) is 36.9 Å². The van der Waals surface area contributed by atoms with Crippen molar-refractivity contribution in [1.29, 1.82) is 0 Å². The summed E-state index contributed by atoms with van der Waals surface area (Å²) >= 11 is 0. The normalized spacial score (nSPS) is 14.6. The highest BCUT2D eigenvalue weighted by Gasteiger charge is 2.25. The van der Waals surface area contributed by atoms with Crippen LogP contribution < -0.4 is 5.32 Å². The van der Waals surface area contributed by atoms with Crippen molar-refractivity contribution in [2.45, 2.75) is 45.8 Å². The topological polar surface area (TPSA) is 21.3 Å². The molecule has 0 amide bonds. The zero-order valence-corrected chi connectivity index (χ0v) is 12.7. The summed E-state index contributed by atoms with van der Waals surface area (Å²) in [4.78, 5) is 0. The number of benzene rings is 1. The minimum absolute atomic E-state index is 0.0313. The Morgan fingerprint density at radius 2 is 1.95 bits per heavy atom. The van der Waals surface area contributed by atoms with Crippen LogP contribution in [0.25, 0.3) is 0 Å². The van der Waals surface area contributed by atoms with E-state index in [-0.39, 0.29) is 12.1 Å². The van der Waals surface area contributed by atoms with Crippen LogP contribution in [-0.4, -0.2) is 25.8 Å². The number of nitrogens with one attached hydrogen (secondary N) is 1. The van der Waals surface area contributed by atoms with Crippen LogP contribution >= 0.6 is 0 Å². The summed E-state index contributed by atoms with van der Waals surface area (Å²) in [5.41, 5.74) is 0.390. The van der Waals surface area contributed by atoms with E-state index in [1.54, 1.807) is 19.2 Å². The van der Waals surface area contributed by atoms with Crippen LogP contribution in [0.1, 0.15) is 32.8 Å². The monoisotopic (exact) mass is 285 g/mol. The lowest BCUT2D eigenvalue weighted by Gasteiger charge is -2.30. The fourth-order valence-electron chi connectivity index (χ4n) is 2.48. The number of methoxy groups -OCH3 is 1. The van der Waals surface area contributed by atoms with Crippen LogP contribution in [0.5, 0.6) is 0 Å². The standard InChI is InChI=1S/C16H25F2NO/c1-5-9-19-14(16(20-4)11(2)3)10-12-7-6-8-13(17)15(12)18/h6-8,11,14,16,19H,5,9-10H2,1-4H3. The molecular weight excluding hydrogens is 260 g/mol. The van der Waals surface area contributed by atoms with Crippen LogP contribution in [0, 0.1) is 17.6 Å². The Morgan fingerprint density at radius 1 is 1.25 bits per heavy atom. The van der Waals surface area contributed by atoms with Crippen LogP contribution in [0.4, 0.5) is 8.78 Å². The number of halogens is 2. The van der Waals surface area contributed by atoms with E-state index in [1.807, 2.05) is 0 Å². The minimum Gasteiger partial charge on any atom is -0.380 e. The Morgan fingerprint density at radius 3 is 2.50 bits per heavy atom. The smallest absolute Gasteiger partial charge is 0.162 e. The van der Waals surface area contributed by atoms with Gasteiger partial charge in [0.15, 0.2) is 11.6 Å². The SMILES string of the molecule is CCCNC(Cc1cccc(F)c1F)C(OC)C(C)C. The lowest BCUT2D eigenvalue weighted by molar-refractivity contribution is 0.0330. The molecule has 0 aliphatic rings. The quantitative estimate of drug-likeness (QED) is 0.788. The van der Waals surface area contributed by atoms with Crippen molar-refractivity contribution in [3.05, 3.63) is 35.4 Å². The summed E-state index contributed by atoms with van der Waals surface area (Å²) in [6.45, 7) is 7.03. The Labute approximate surface area is 120 Å². The summed E-state index contributed by atoms with van der Waals surface area (Å²) in [5, 5.41) is 3.38. The van der Waals surface area contributed by atoms with E-state index < -0.39 is 11.6 Å². The van der Waals surface area contributed by atoms with Gasteiger partial charge in [0, 0.05) is 13.2 Å². The maximum Gasteiger partial charge on any atom is 0.162 e. The zero-order chi connectivity index (χ0) is 15.1. The van der Waals surface area contributed by atoms with E-state index in [4.69, 9.17) is 4.74 Å². The molecule has 20 heavy (non-hydrogen) atoms. The first-order chi connectivity index (χ1) is 9.51. The van der Waals surface area contributed by atoms with Crippen LogP contribution in [-0.2, 0) is 11.2 Å². The summed E-state index contributed by atoms with van der Waals surface area (Å²) in [6.07, 6.45) is 1.36. The fourth-order valence-corrected chi connectivity index (χ4v) is 2.48. The van der Waals surface area contributed by atoms with E-state index in [1.165, 1.54) is 0 Å². The summed E-state index contributed by atoms with van der Waals surface area (Å²) in [5.74, 6) is -1.25. The average molecular weight is 285 g/mol. The number of hydrogen-bond acceptors (Lipinski definition) is 2. The van der Waals surface area contributed by atoms with Gasteiger partial charge in [0.25, 0.3) is 0 Å². The average Bonchev–Trinajstić information content (AvgIpc) is 2.41. The number of ether oxygens (including phenoxy) is 1. The van der Waals surface area contributed by atoms with Crippen LogP contribution in [0.15, 0.2) is 18.2 Å². The first-order valence-electron chi connectivity index (χ1n) is 7.20. The van der Waals surface area contributed by atoms with Gasteiger partial charge >= 0.3 is 0 Å². The molecule has 0 aromatic heterocycles. The Balaban J connectivity index is 2.90. The predicted molar refractivity (Wildman–Crippen MR) is 77.8 cm³/mol. The van der Waals surface area contributed by atoms with E-state index in [0.717, 1.165) is 19.0 Å². The number of hydrogen-bond donors (Lipinski definition) is 1. The molecule has 0 saturated heterocycles. The lowest BCUT2D eigenvalue weighted by atomic mass is 9.93. The molecule has 0 spiro atoms. The molecule has 1 rings (SSSR count).